The molecule has 2 aromatic carbocycles. The van der Waals surface area contributed by atoms with Crippen LogP contribution in [-0.4, -0.2) is 28.7 Å². The Morgan fingerprint density at radius 1 is 1.08 bits per heavy atom. The molecule has 0 radical (unpaired) electrons. The van der Waals surface area contributed by atoms with Gasteiger partial charge in [0.05, 0.1) is 18.6 Å². The Morgan fingerprint density at radius 2 is 1.79 bits per heavy atom. The smallest absolute Gasteiger partial charge is 0.240 e. The van der Waals surface area contributed by atoms with E-state index in [1.54, 1.807) is 13.2 Å². The number of benzene rings is 2. The van der Waals surface area contributed by atoms with E-state index < -0.39 is 15.8 Å². The standard InChI is InChI=1S/C17H20FNO4S/c1-3-23-16-9-4-13(12-17(16)22-2)10-11-19-24(20,21)15-7-5-14(18)6-8-15/h4-9,12,19H,3,10-11H2,1-2H3. The zero-order valence-corrected chi connectivity index (χ0v) is 14.4. The lowest BCUT2D eigenvalue weighted by Gasteiger charge is -2.11. The first kappa shape index (κ1) is 18.2. The number of hydrogen-bond donors (Lipinski definition) is 1. The van der Waals surface area contributed by atoms with Gasteiger partial charge in [-0.1, -0.05) is 6.07 Å². The number of ether oxygens (including phenoxy) is 2. The maximum Gasteiger partial charge on any atom is 0.240 e. The minimum atomic E-state index is -3.65. The fourth-order valence-electron chi connectivity index (χ4n) is 2.17. The summed E-state index contributed by atoms with van der Waals surface area (Å²) in [6.07, 6.45) is 0.489. The van der Waals surface area contributed by atoms with Crippen LogP contribution >= 0.6 is 0 Å². The minimum absolute atomic E-state index is 0.0353. The summed E-state index contributed by atoms with van der Waals surface area (Å²) >= 11 is 0. The normalized spacial score (nSPS) is 11.3. The predicted octanol–water partition coefficient (Wildman–Crippen LogP) is 2.75. The molecule has 0 aliphatic heterocycles. The molecule has 0 aliphatic carbocycles. The molecule has 1 N–H and O–H groups in total. The van der Waals surface area contributed by atoms with Gasteiger partial charge >= 0.3 is 0 Å². The van der Waals surface area contributed by atoms with Crippen molar-refractivity contribution in [1.29, 1.82) is 0 Å². The first-order valence-corrected chi connectivity index (χ1v) is 8.99. The molecule has 0 bridgehead atoms. The van der Waals surface area contributed by atoms with Crippen LogP contribution < -0.4 is 14.2 Å². The quantitative estimate of drug-likeness (QED) is 0.793. The molecule has 0 saturated heterocycles. The van der Waals surface area contributed by atoms with Crippen LogP contribution in [0.25, 0.3) is 0 Å². The van der Waals surface area contributed by atoms with Crippen molar-refractivity contribution in [3.05, 3.63) is 53.8 Å². The lowest BCUT2D eigenvalue weighted by Crippen LogP contribution is -2.26. The van der Waals surface area contributed by atoms with Gasteiger partial charge in [0.25, 0.3) is 0 Å². The summed E-state index contributed by atoms with van der Waals surface area (Å²) in [7, 11) is -2.10. The Kier molecular flexibility index (Phi) is 6.16. The van der Waals surface area contributed by atoms with Crippen LogP contribution in [0.3, 0.4) is 0 Å². The number of nitrogens with one attached hydrogen (secondary N) is 1. The zero-order chi connectivity index (χ0) is 17.6. The van der Waals surface area contributed by atoms with E-state index in [0.717, 1.165) is 17.7 Å². The van der Waals surface area contributed by atoms with Gasteiger partial charge in [0, 0.05) is 6.54 Å². The van der Waals surface area contributed by atoms with Crippen LogP contribution in [0.1, 0.15) is 12.5 Å². The fraction of sp³-hybridized carbons (Fsp3) is 0.294. The highest BCUT2D eigenvalue weighted by Crippen LogP contribution is 2.28. The molecule has 0 aliphatic rings. The van der Waals surface area contributed by atoms with Gasteiger partial charge in [0.1, 0.15) is 5.82 Å². The highest BCUT2D eigenvalue weighted by atomic mass is 32.2. The highest BCUT2D eigenvalue weighted by Gasteiger charge is 2.13. The van der Waals surface area contributed by atoms with Crippen molar-refractivity contribution in [3.8, 4) is 11.5 Å². The summed E-state index contributed by atoms with van der Waals surface area (Å²) < 4.78 is 50.3. The van der Waals surface area contributed by atoms with Crippen LogP contribution in [0.15, 0.2) is 47.4 Å². The molecule has 0 spiro atoms. The van der Waals surface area contributed by atoms with E-state index in [2.05, 4.69) is 4.72 Å². The lowest BCUT2D eigenvalue weighted by molar-refractivity contribution is 0.310. The van der Waals surface area contributed by atoms with Gasteiger partial charge in [-0.25, -0.2) is 17.5 Å². The molecule has 2 rings (SSSR count). The average molecular weight is 353 g/mol. The molecular weight excluding hydrogens is 333 g/mol. The number of rotatable bonds is 8. The second-order valence-electron chi connectivity index (χ2n) is 5.02. The number of hydrogen-bond acceptors (Lipinski definition) is 4. The molecule has 0 atom stereocenters. The van der Waals surface area contributed by atoms with Gasteiger partial charge in [-0.15, -0.1) is 0 Å². The maximum atomic E-state index is 12.9. The summed E-state index contributed by atoms with van der Waals surface area (Å²) in [5.74, 6) is 0.779. The summed E-state index contributed by atoms with van der Waals surface area (Å²) in [6, 6.07) is 10.2. The second-order valence-corrected chi connectivity index (χ2v) is 6.79. The first-order chi connectivity index (χ1) is 11.5. The van der Waals surface area contributed by atoms with E-state index in [4.69, 9.17) is 9.47 Å². The number of halogens is 1. The molecule has 2 aromatic rings. The van der Waals surface area contributed by atoms with E-state index in [1.807, 2.05) is 19.1 Å². The number of sulfonamides is 1. The Bertz CT molecular complexity index is 776. The van der Waals surface area contributed by atoms with Gasteiger partial charge in [-0.3, -0.25) is 0 Å². The van der Waals surface area contributed by atoms with E-state index >= 15 is 0 Å². The van der Waals surface area contributed by atoms with Crippen LogP contribution in [0, 0.1) is 5.82 Å². The Morgan fingerprint density at radius 3 is 2.42 bits per heavy atom. The largest absolute Gasteiger partial charge is 0.493 e. The molecule has 24 heavy (non-hydrogen) atoms. The zero-order valence-electron chi connectivity index (χ0n) is 13.6. The van der Waals surface area contributed by atoms with Crippen molar-refractivity contribution < 1.29 is 22.3 Å². The Labute approximate surface area is 141 Å². The van der Waals surface area contributed by atoms with Gasteiger partial charge < -0.3 is 9.47 Å². The monoisotopic (exact) mass is 353 g/mol. The molecule has 130 valence electrons. The average Bonchev–Trinajstić information content (AvgIpc) is 2.56. The first-order valence-electron chi connectivity index (χ1n) is 7.51. The van der Waals surface area contributed by atoms with Crippen LogP contribution in [-0.2, 0) is 16.4 Å². The van der Waals surface area contributed by atoms with Gasteiger partial charge in [0.15, 0.2) is 11.5 Å². The van der Waals surface area contributed by atoms with Crippen molar-refractivity contribution in [3.63, 3.8) is 0 Å². The van der Waals surface area contributed by atoms with E-state index in [-0.39, 0.29) is 11.4 Å². The second kappa shape index (κ2) is 8.12. The van der Waals surface area contributed by atoms with E-state index in [1.165, 1.54) is 12.1 Å². The van der Waals surface area contributed by atoms with Crippen LogP contribution in [0.4, 0.5) is 4.39 Å². The van der Waals surface area contributed by atoms with Gasteiger partial charge in [-0.2, -0.15) is 0 Å². The summed E-state index contributed by atoms with van der Waals surface area (Å²) in [5.41, 5.74) is 0.914. The molecule has 0 heterocycles. The van der Waals surface area contributed by atoms with Crippen LogP contribution in [0.5, 0.6) is 11.5 Å². The molecule has 0 aromatic heterocycles. The van der Waals surface area contributed by atoms with E-state index in [0.29, 0.717) is 24.5 Å². The Hall–Kier alpha value is -2.12. The molecule has 0 amide bonds. The molecule has 0 fully saturated rings. The van der Waals surface area contributed by atoms with Crippen molar-refractivity contribution >= 4 is 10.0 Å². The molecular formula is C17H20FNO4S. The number of methoxy groups -OCH3 is 1. The van der Waals surface area contributed by atoms with Crippen molar-refractivity contribution in [1.82, 2.24) is 4.72 Å². The third-order valence-electron chi connectivity index (χ3n) is 3.36. The summed E-state index contributed by atoms with van der Waals surface area (Å²) in [5, 5.41) is 0. The fourth-order valence-corrected chi connectivity index (χ4v) is 3.20. The maximum absolute atomic E-state index is 12.9. The molecule has 5 nitrogen and oxygen atoms in total. The van der Waals surface area contributed by atoms with Crippen molar-refractivity contribution in [2.45, 2.75) is 18.2 Å². The summed E-state index contributed by atoms with van der Waals surface area (Å²) in [4.78, 5) is 0.0353. The Balaban J connectivity index is 1.99. The minimum Gasteiger partial charge on any atom is -0.493 e. The van der Waals surface area contributed by atoms with Gasteiger partial charge in [0.2, 0.25) is 10.0 Å². The topological polar surface area (TPSA) is 64.6 Å². The summed E-state index contributed by atoms with van der Waals surface area (Å²) in [6.45, 7) is 2.64. The van der Waals surface area contributed by atoms with E-state index in [9.17, 15) is 12.8 Å². The molecule has 0 unspecified atom stereocenters. The lowest BCUT2D eigenvalue weighted by atomic mass is 10.1. The van der Waals surface area contributed by atoms with Crippen molar-refractivity contribution in [2.75, 3.05) is 20.3 Å². The van der Waals surface area contributed by atoms with Crippen molar-refractivity contribution in [2.24, 2.45) is 0 Å². The predicted molar refractivity (Wildman–Crippen MR) is 89.5 cm³/mol. The molecule has 0 saturated carbocycles. The SMILES string of the molecule is CCOc1ccc(CCNS(=O)(=O)c2ccc(F)cc2)cc1OC. The van der Waals surface area contributed by atoms with Crippen LogP contribution in [0.2, 0.25) is 0 Å². The third kappa shape index (κ3) is 4.69. The van der Waals surface area contributed by atoms with Gasteiger partial charge in [-0.05, 0) is 55.3 Å². The highest BCUT2D eigenvalue weighted by molar-refractivity contribution is 7.89. The molecule has 7 heteroatoms. The third-order valence-corrected chi connectivity index (χ3v) is 4.83.